The maximum atomic E-state index is 6.12. The number of hydrogen-bond acceptors (Lipinski definition) is 4. The zero-order chi connectivity index (χ0) is 22.2. The molecule has 0 aliphatic carbocycles. The van der Waals surface area contributed by atoms with Gasteiger partial charge in [-0.25, -0.2) is 9.97 Å². The second-order valence-electron chi connectivity index (χ2n) is 7.19. The predicted molar refractivity (Wildman–Crippen MR) is 131 cm³/mol. The molecule has 2 aromatic heterocycles. The molecule has 1 aliphatic heterocycles. The maximum Gasteiger partial charge on any atom is 0.150 e. The average molecular weight is 414 g/mol. The fraction of sp³-hybridized carbons (Fsp3) is 0.231. The van der Waals surface area contributed by atoms with Crippen LogP contribution in [0.4, 0.5) is 5.82 Å². The highest BCUT2D eigenvalue weighted by Crippen LogP contribution is 2.31. The number of nitrogens with one attached hydrogen (secondary N) is 1. The summed E-state index contributed by atoms with van der Waals surface area (Å²) in [5.41, 5.74) is 11.3. The van der Waals surface area contributed by atoms with Gasteiger partial charge in [-0.2, -0.15) is 0 Å². The number of aromatic nitrogens is 3. The van der Waals surface area contributed by atoms with Crippen molar-refractivity contribution in [2.24, 2.45) is 0 Å². The summed E-state index contributed by atoms with van der Waals surface area (Å²) in [6.07, 6.45) is 5.49. The number of hydrogen-bond donors (Lipinski definition) is 2. The number of nitrogens with zero attached hydrogens (tertiary/aromatic N) is 3. The fourth-order valence-corrected chi connectivity index (χ4v) is 3.36. The number of fused-ring (bicyclic) bond motifs is 1. The van der Waals surface area contributed by atoms with E-state index in [1.807, 2.05) is 56.5 Å². The van der Waals surface area contributed by atoms with Crippen molar-refractivity contribution < 1.29 is 0 Å². The van der Waals surface area contributed by atoms with E-state index in [0.717, 1.165) is 41.3 Å². The summed E-state index contributed by atoms with van der Waals surface area (Å²) < 4.78 is 2.07. The first-order chi connectivity index (χ1) is 15.2. The summed E-state index contributed by atoms with van der Waals surface area (Å²) in [7, 11) is 0. The number of imidazole rings is 1. The van der Waals surface area contributed by atoms with E-state index in [9.17, 15) is 0 Å². The third-order valence-electron chi connectivity index (χ3n) is 5.12. The van der Waals surface area contributed by atoms with Crippen LogP contribution in [0.25, 0.3) is 22.9 Å². The van der Waals surface area contributed by atoms with Crippen molar-refractivity contribution in [3.63, 3.8) is 0 Å². The van der Waals surface area contributed by atoms with Crippen molar-refractivity contribution in [3.8, 4) is 11.3 Å². The SMILES string of the molecule is C=Cc1ccc(-c2nc(C3CNC3)n3ccnc(N)c23)cc1.CC.Cc1ccccc1. The van der Waals surface area contributed by atoms with Gasteiger partial charge >= 0.3 is 0 Å². The molecule has 31 heavy (non-hydrogen) atoms. The molecule has 0 amide bonds. The van der Waals surface area contributed by atoms with E-state index in [1.54, 1.807) is 6.20 Å². The van der Waals surface area contributed by atoms with Crippen molar-refractivity contribution in [1.82, 2.24) is 19.7 Å². The molecule has 1 saturated heterocycles. The number of rotatable bonds is 3. The predicted octanol–water partition coefficient (Wildman–Crippen LogP) is 5.33. The van der Waals surface area contributed by atoms with E-state index in [-0.39, 0.29) is 0 Å². The molecule has 0 unspecified atom stereocenters. The largest absolute Gasteiger partial charge is 0.382 e. The van der Waals surface area contributed by atoms with Crippen molar-refractivity contribution >= 4 is 17.4 Å². The summed E-state index contributed by atoms with van der Waals surface area (Å²) in [6, 6.07) is 18.4. The quantitative estimate of drug-likeness (QED) is 0.476. The molecule has 1 fully saturated rings. The summed E-state index contributed by atoms with van der Waals surface area (Å²) >= 11 is 0. The van der Waals surface area contributed by atoms with Crippen LogP contribution in [0.3, 0.4) is 0 Å². The molecule has 4 aromatic rings. The lowest BCUT2D eigenvalue weighted by Crippen LogP contribution is -2.40. The van der Waals surface area contributed by atoms with Gasteiger partial charge in [0.2, 0.25) is 0 Å². The van der Waals surface area contributed by atoms with Crippen LogP contribution in [0.15, 0.2) is 73.6 Å². The second-order valence-corrected chi connectivity index (χ2v) is 7.19. The van der Waals surface area contributed by atoms with Crippen molar-refractivity contribution in [1.29, 1.82) is 0 Å². The van der Waals surface area contributed by atoms with Crippen LogP contribution in [0.5, 0.6) is 0 Å². The minimum absolute atomic E-state index is 0.426. The molecule has 0 spiro atoms. The lowest BCUT2D eigenvalue weighted by atomic mass is 10.0. The highest BCUT2D eigenvalue weighted by atomic mass is 15.1. The Balaban J connectivity index is 0.000000256. The highest BCUT2D eigenvalue weighted by molar-refractivity contribution is 5.85. The van der Waals surface area contributed by atoms with Crippen LogP contribution in [0.2, 0.25) is 0 Å². The Morgan fingerprint density at radius 3 is 2.26 bits per heavy atom. The zero-order valence-corrected chi connectivity index (χ0v) is 18.5. The Morgan fingerprint density at radius 1 is 1.06 bits per heavy atom. The highest BCUT2D eigenvalue weighted by Gasteiger charge is 2.26. The number of nitrogens with two attached hydrogens (primary N) is 1. The molecule has 2 aromatic carbocycles. The minimum Gasteiger partial charge on any atom is -0.382 e. The van der Waals surface area contributed by atoms with E-state index in [0.29, 0.717) is 11.7 Å². The van der Waals surface area contributed by atoms with Crippen LogP contribution >= 0.6 is 0 Å². The first-order valence-electron chi connectivity index (χ1n) is 10.7. The zero-order valence-electron chi connectivity index (χ0n) is 18.5. The minimum atomic E-state index is 0.426. The van der Waals surface area contributed by atoms with E-state index in [2.05, 4.69) is 52.5 Å². The molecule has 3 heterocycles. The topological polar surface area (TPSA) is 68.2 Å². The molecule has 5 nitrogen and oxygen atoms in total. The molecule has 0 saturated carbocycles. The molecule has 0 radical (unpaired) electrons. The van der Waals surface area contributed by atoms with E-state index >= 15 is 0 Å². The molecule has 1 aliphatic rings. The standard InChI is InChI=1S/C17H17N5.C7H8.C2H6/c1-2-11-3-5-12(6-4-11)14-15-16(18)20-7-8-22(15)17(21-14)13-9-19-10-13;1-7-5-3-2-4-6-7;1-2/h2-8,13,19H,1,9-10H2,(H2,18,20);2-6H,1H3;1-2H3. The molecule has 5 rings (SSSR count). The number of benzene rings is 2. The smallest absolute Gasteiger partial charge is 0.150 e. The molecule has 0 bridgehead atoms. The Bertz CT molecular complexity index is 1110. The molecular weight excluding hydrogens is 382 g/mol. The van der Waals surface area contributed by atoms with E-state index < -0.39 is 0 Å². The number of anilines is 1. The Hall–Kier alpha value is -3.44. The van der Waals surface area contributed by atoms with Gasteiger partial charge in [0.15, 0.2) is 0 Å². The lowest BCUT2D eigenvalue weighted by Gasteiger charge is -2.25. The molecule has 5 heteroatoms. The van der Waals surface area contributed by atoms with Gasteiger partial charge < -0.3 is 11.1 Å². The first kappa shape index (κ1) is 22.2. The van der Waals surface area contributed by atoms with Crippen LogP contribution in [-0.4, -0.2) is 27.5 Å². The summed E-state index contributed by atoms with van der Waals surface area (Å²) in [6.45, 7) is 11.8. The van der Waals surface area contributed by atoms with Crippen LogP contribution in [0.1, 0.15) is 36.7 Å². The second kappa shape index (κ2) is 10.5. The summed E-state index contributed by atoms with van der Waals surface area (Å²) in [4.78, 5) is 9.10. The monoisotopic (exact) mass is 413 g/mol. The molecule has 3 N–H and O–H groups in total. The number of nitrogen functional groups attached to an aromatic ring is 1. The van der Waals surface area contributed by atoms with Crippen molar-refractivity contribution in [2.75, 3.05) is 18.8 Å². The van der Waals surface area contributed by atoms with E-state index in [4.69, 9.17) is 10.7 Å². The van der Waals surface area contributed by atoms with Gasteiger partial charge in [-0.1, -0.05) is 86.7 Å². The maximum absolute atomic E-state index is 6.12. The summed E-state index contributed by atoms with van der Waals surface area (Å²) in [5, 5.41) is 3.29. The van der Waals surface area contributed by atoms with Crippen LogP contribution in [0, 0.1) is 6.92 Å². The van der Waals surface area contributed by atoms with Gasteiger partial charge in [-0.05, 0) is 12.5 Å². The normalized spacial score (nSPS) is 12.7. The van der Waals surface area contributed by atoms with E-state index in [1.165, 1.54) is 5.56 Å². The van der Waals surface area contributed by atoms with Gasteiger partial charge in [0.1, 0.15) is 22.9 Å². The van der Waals surface area contributed by atoms with Crippen LogP contribution < -0.4 is 11.1 Å². The average Bonchev–Trinajstić information content (AvgIpc) is 3.15. The van der Waals surface area contributed by atoms with Gasteiger partial charge in [0, 0.05) is 37.0 Å². The van der Waals surface area contributed by atoms with Crippen molar-refractivity contribution in [2.45, 2.75) is 26.7 Å². The molecule has 0 atom stereocenters. The lowest BCUT2D eigenvalue weighted by molar-refractivity contribution is 0.429. The Kier molecular flexibility index (Phi) is 7.57. The molecule has 160 valence electrons. The van der Waals surface area contributed by atoms with Gasteiger partial charge in [-0.3, -0.25) is 4.40 Å². The third-order valence-corrected chi connectivity index (χ3v) is 5.12. The van der Waals surface area contributed by atoms with Gasteiger partial charge in [-0.15, -0.1) is 0 Å². The Labute approximate surface area is 184 Å². The number of aryl methyl sites for hydroxylation is 1. The third kappa shape index (κ3) is 5.01. The van der Waals surface area contributed by atoms with Gasteiger partial charge in [0.25, 0.3) is 0 Å². The fourth-order valence-electron chi connectivity index (χ4n) is 3.36. The first-order valence-corrected chi connectivity index (χ1v) is 10.7. The Morgan fingerprint density at radius 2 is 1.74 bits per heavy atom. The molecular formula is C26H31N5. The van der Waals surface area contributed by atoms with Gasteiger partial charge in [0.05, 0.1) is 0 Å². The summed E-state index contributed by atoms with van der Waals surface area (Å²) in [5.74, 6) is 1.98. The van der Waals surface area contributed by atoms with Crippen molar-refractivity contribution in [3.05, 3.63) is 90.5 Å². The van der Waals surface area contributed by atoms with Crippen LogP contribution in [-0.2, 0) is 0 Å².